The van der Waals surface area contributed by atoms with E-state index >= 15 is 0 Å². The predicted octanol–water partition coefficient (Wildman–Crippen LogP) is 2.74. The van der Waals surface area contributed by atoms with E-state index < -0.39 is 29.5 Å². The largest absolute Gasteiger partial charge is 0.392 e. The lowest BCUT2D eigenvalue weighted by Crippen LogP contribution is -2.55. The molecule has 0 heterocycles. The number of carbonyl (C=O) groups is 1. The van der Waals surface area contributed by atoms with Crippen LogP contribution in [0.4, 0.5) is 13.2 Å². The monoisotopic (exact) mass is 292 g/mol. The molecule has 116 valence electrons. The van der Waals surface area contributed by atoms with E-state index in [0.717, 1.165) is 25.7 Å². The van der Waals surface area contributed by atoms with E-state index in [2.05, 4.69) is 5.32 Å². The molecule has 1 amide bonds. The second-order valence-electron chi connectivity index (χ2n) is 6.22. The van der Waals surface area contributed by atoms with E-state index in [9.17, 15) is 18.0 Å². The third-order valence-corrected chi connectivity index (χ3v) is 4.86. The molecule has 6 heteroatoms. The molecule has 0 spiro atoms. The van der Waals surface area contributed by atoms with Crippen molar-refractivity contribution >= 4 is 5.91 Å². The van der Waals surface area contributed by atoms with Gasteiger partial charge in [-0.2, -0.15) is 13.2 Å². The van der Waals surface area contributed by atoms with E-state index in [4.69, 9.17) is 5.73 Å². The van der Waals surface area contributed by atoms with Crippen molar-refractivity contribution in [3.8, 4) is 0 Å². The number of carbonyl (C=O) groups excluding carboxylic acids is 1. The molecule has 3 N–H and O–H groups in total. The average Bonchev–Trinajstić information content (AvgIpc) is 2.87. The SMILES string of the molecule is NCC1(NC(=O)C2CCCCC2C(F)(F)F)CCCC1. The molecule has 20 heavy (non-hydrogen) atoms. The molecule has 2 atom stereocenters. The number of alkyl halides is 3. The lowest BCUT2D eigenvalue weighted by atomic mass is 9.77. The van der Waals surface area contributed by atoms with Gasteiger partial charge in [-0.25, -0.2) is 0 Å². The minimum Gasteiger partial charge on any atom is -0.349 e. The molecule has 0 aromatic heterocycles. The average molecular weight is 292 g/mol. The van der Waals surface area contributed by atoms with Gasteiger partial charge in [0.2, 0.25) is 5.91 Å². The maximum Gasteiger partial charge on any atom is 0.392 e. The van der Waals surface area contributed by atoms with Crippen molar-refractivity contribution in [1.82, 2.24) is 5.32 Å². The molecule has 0 radical (unpaired) electrons. The van der Waals surface area contributed by atoms with Crippen LogP contribution in [0.25, 0.3) is 0 Å². The van der Waals surface area contributed by atoms with E-state index in [1.807, 2.05) is 0 Å². The molecular formula is C14H23F3N2O. The zero-order valence-corrected chi connectivity index (χ0v) is 11.6. The summed E-state index contributed by atoms with van der Waals surface area (Å²) in [6.07, 6.45) is 0.866. The second-order valence-corrected chi connectivity index (χ2v) is 6.22. The number of hydrogen-bond donors (Lipinski definition) is 2. The van der Waals surface area contributed by atoms with Gasteiger partial charge in [-0.05, 0) is 25.7 Å². The number of halogens is 3. The molecule has 2 fully saturated rings. The Morgan fingerprint density at radius 1 is 1.15 bits per heavy atom. The van der Waals surface area contributed by atoms with Crippen LogP contribution in [0.15, 0.2) is 0 Å². The topological polar surface area (TPSA) is 55.1 Å². The first-order chi connectivity index (χ1) is 9.38. The van der Waals surface area contributed by atoms with Crippen LogP contribution in [0.2, 0.25) is 0 Å². The van der Waals surface area contributed by atoms with Gasteiger partial charge in [0.05, 0.1) is 11.5 Å². The summed E-state index contributed by atoms with van der Waals surface area (Å²) in [6, 6.07) is 0. The van der Waals surface area contributed by atoms with Crippen LogP contribution in [0.3, 0.4) is 0 Å². The Labute approximate surface area is 117 Å². The van der Waals surface area contributed by atoms with Crippen molar-refractivity contribution in [2.24, 2.45) is 17.6 Å². The van der Waals surface area contributed by atoms with Crippen LogP contribution in [0.5, 0.6) is 0 Å². The lowest BCUT2D eigenvalue weighted by molar-refractivity contribution is -0.198. The summed E-state index contributed by atoms with van der Waals surface area (Å²) in [5.74, 6) is -2.88. The summed E-state index contributed by atoms with van der Waals surface area (Å²) in [5, 5.41) is 2.85. The number of nitrogens with one attached hydrogen (secondary N) is 1. The Balaban J connectivity index is 2.06. The molecular weight excluding hydrogens is 269 g/mol. The Bertz CT molecular complexity index is 351. The van der Waals surface area contributed by atoms with Crippen LogP contribution in [-0.2, 0) is 4.79 Å². The van der Waals surface area contributed by atoms with Gasteiger partial charge >= 0.3 is 6.18 Å². The number of hydrogen-bond acceptors (Lipinski definition) is 2. The number of amides is 1. The van der Waals surface area contributed by atoms with E-state index in [0.29, 0.717) is 25.8 Å². The van der Waals surface area contributed by atoms with Gasteiger partial charge in [0.25, 0.3) is 0 Å². The van der Waals surface area contributed by atoms with Gasteiger partial charge in [0.15, 0.2) is 0 Å². The van der Waals surface area contributed by atoms with Gasteiger partial charge in [-0.3, -0.25) is 4.79 Å². The maximum absolute atomic E-state index is 13.0. The molecule has 0 aromatic carbocycles. The standard InChI is InChI=1S/C14H23F3N2O/c15-14(16,17)11-6-2-1-5-10(11)12(20)19-13(9-18)7-3-4-8-13/h10-11H,1-9,18H2,(H,19,20). The van der Waals surface area contributed by atoms with Crippen molar-refractivity contribution in [2.75, 3.05) is 6.54 Å². The first kappa shape index (κ1) is 15.6. The highest BCUT2D eigenvalue weighted by atomic mass is 19.4. The normalized spacial score (nSPS) is 30.2. The van der Waals surface area contributed by atoms with E-state index in [1.165, 1.54) is 0 Å². The quantitative estimate of drug-likeness (QED) is 0.840. The fraction of sp³-hybridized carbons (Fsp3) is 0.929. The zero-order valence-electron chi connectivity index (χ0n) is 11.6. The van der Waals surface area contributed by atoms with Crippen molar-refractivity contribution in [3.05, 3.63) is 0 Å². The molecule has 0 bridgehead atoms. The van der Waals surface area contributed by atoms with Crippen molar-refractivity contribution in [3.63, 3.8) is 0 Å². The van der Waals surface area contributed by atoms with Gasteiger partial charge in [0.1, 0.15) is 0 Å². The summed E-state index contributed by atoms with van der Waals surface area (Å²) in [5.41, 5.74) is 5.26. The Kier molecular flexibility index (Phi) is 4.62. The van der Waals surface area contributed by atoms with Gasteiger partial charge < -0.3 is 11.1 Å². The fourth-order valence-corrected chi connectivity index (χ4v) is 3.62. The number of rotatable bonds is 3. The molecule has 2 unspecified atom stereocenters. The highest BCUT2D eigenvalue weighted by molar-refractivity contribution is 5.80. The van der Waals surface area contributed by atoms with Crippen LogP contribution >= 0.6 is 0 Å². The van der Waals surface area contributed by atoms with E-state index in [1.54, 1.807) is 0 Å². The van der Waals surface area contributed by atoms with E-state index in [-0.39, 0.29) is 6.42 Å². The third kappa shape index (κ3) is 3.27. The van der Waals surface area contributed by atoms with Crippen molar-refractivity contribution in [1.29, 1.82) is 0 Å². The minimum atomic E-state index is -4.28. The molecule has 2 aliphatic rings. The van der Waals surface area contributed by atoms with Crippen LogP contribution in [-0.4, -0.2) is 24.2 Å². The zero-order chi connectivity index (χ0) is 14.8. The maximum atomic E-state index is 13.0. The lowest BCUT2D eigenvalue weighted by Gasteiger charge is -2.36. The minimum absolute atomic E-state index is 0.0667. The Morgan fingerprint density at radius 3 is 2.30 bits per heavy atom. The van der Waals surface area contributed by atoms with Gasteiger partial charge in [0, 0.05) is 12.5 Å². The first-order valence-corrected chi connectivity index (χ1v) is 7.47. The van der Waals surface area contributed by atoms with Crippen LogP contribution in [0, 0.1) is 11.8 Å². The second kappa shape index (κ2) is 5.92. The molecule has 2 aliphatic carbocycles. The number of nitrogens with two attached hydrogens (primary N) is 1. The molecule has 0 aliphatic heterocycles. The molecule has 3 nitrogen and oxygen atoms in total. The summed E-state index contributed by atoms with van der Waals surface area (Å²) >= 11 is 0. The van der Waals surface area contributed by atoms with Crippen molar-refractivity contribution in [2.45, 2.75) is 63.1 Å². The molecule has 2 saturated carbocycles. The molecule has 2 rings (SSSR count). The fourth-order valence-electron chi connectivity index (χ4n) is 3.62. The van der Waals surface area contributed by atoms with Crippen LogP contribution in [0.1, 0.15) is 51.4 Å². The summed E-state index contributed by atoms with van der Waals surface area (Å²) in [6.45, 7) is 0.308. The van der Waals surface area contributed by atoms with Gasteiger partial charge in [-0.1, -0.05) is 25.7 Å². The highest BCUT2D eigenvalue weighted by Gasteiger charge is 2.49. The summed E-state index contributed by atoms with van der Waals surface area (Å²) in [4.78, 5) is 12.3. The summed E-state index contributed by atoms with van der Waals surface area (Å²) < 4.78 is 39.1. The van der Waals surface area contributed by atoms with Gasteiger partial charge in [-0.15, -0.1) is 0 Å². The third-order valence-electron chi connectivity index (χ3n) is 4.86. The Morgan fingerprint density at radius 2 is 1.75 bits per heavy atom. The molecule has 0 saturated heterocycles. The predicted molar refractivity (Wildman–Crippen MR) is 69.9 cm³/mol. The summed E-state index contributed by atoms with van der Waals surface area (Å²) in [7, 11) is 0. The first-order valence-electron chi connectivity index (χ1n) is 7.47. The highest BCUT2D eigenvalue weighted by Crippen LogP contribution is 2.42. The van der Waals surface area contributed by atoms with Crippen LogP contribution < -0.4 is 11.1 Å². The smallest absolute Gasteiger partial charge is 0.349 e. The molecule has 0 aromatic rings. The van der Waals surface area contributed by atoms with Crippen molar-refractivity contribution < 1.29 is 18.0 Å². The Hall–Kier alpha value is -0.780.